The number of ether oxygens (including phenoxy) is 1. The van der Waals surface area contributed by atoms with Crippen LogP contribution >= 0.6 is 11.6 Å². The van der Waals surface area contributed by atoms with E-state index in [1.165, 1.54) is 6.07 Å². The van der Waals surface area contributed by atoms with Gasteiger partial charge in [-0.15, -0.1) is 11.6 Å². The Morgan fingerprint density at radius 3 is 2.94 bits per heavy atom. The number of carbonyl (C=O) groups is 1. The largest absolute Gasteiger partial charge is 0.380 e. The molecule has 0 saturated carbocycles. The van der Waals surface area contributed by atoms with Crippen molar-refractivity contribution in [3.63, 3.8) is 0 Å². The molecule has 1 N–H and O–H groups in total. The minimum Gasteiger partial charge on any atom is -0.380 e. The molecule has 5 heteroatoms. The molecule has 0 aliphatic carbocycles. The summed E-state index contributed by atoms with van der Waals surface area (Å²) < 4.78 is 18.8. The first-order chi connectivity index (χ1) is 8.66. The average molecular weight is 274 g/mol. The van der Waals surface area contributed by atoms with Crippen molar-refractivity contribution in [2.45, 2.75) is 13.3 Å². The van der Waals surface area contributed by atoms with E-state index in [4.69, 9.17) is 16.3 Å². The van der Waals surface area contributed by atoms with Crippen LogP contribution in [0.3, 0.4) is 0 Å². The van der Waals surface area contributed by atoms with Gasteiger partial charge in [0.1, 0.15) is 5.82 Å². The van der Waals surface area contributed by atoms with Gasteiger partial charge in [0.25, 0.3) is 5.91 Å². The second kappa shape index (κ2) is 8.06. The standard InChI is InChI=1S/C13H17ClFNO2/c1-10-4-2-5-11(12(10)15)13(17)16-7-3-8-18-9-6-14/h2,4-5H,3,6-9H2,1H3,(H,16,17). The van der Waals surface area contributed by atoms with E-state index in [0.717, 1.165) is 0 Å². The molecule has 0 heterocycles. The zero-order chi connectivity index (χ0) is 13.4. The third-order valence-electron chi connectivity index (χ3n) is 2.41. The number of hydrogen-bond donors (Lipinski definition) is 1. The SMILES string of the molecule is Cc1cccc(C(=O)NCCCOCCCl)c1F. The van der Waals surface area contributed by atoms with E-state index in [9.17, 15) is 9.18 Å². The highest BCUT2D eigenvalue weighted by Crippen LogP contribution is 2.11. The summed E-state index contributed by atoms with van der Waals surface area (Å²) in [5.74, 6) is -0.400. The van der Waals surface area contributed by atoms with Crippen LogP contribution in [-0.2, 0) is 4.74 Å². The molecule has 3 nitrogen and oxygen atoms in total. The molecular weight excluding hydrogens is 257 g/mol. The minimum atomic E-state index is -0.464. The smallest absolute Gasteiger partial charge is 0.254 e. The highest BCUT2D eigenvalue weighted by molar-refractivity contribution is 6.17. The van der Waals surface area contributed by atoms with Gasteiger partial charge in [0.05, 0.1) is 12.2 Å². The molecule has 0 fully saturated rings. The zero-order valence-electron chi connectivity index (χ0n) is 10.3. The summed E-state index contributed by atoms with van der Waals surface area (Å²) >= 11 is 5.44. The van der Waals surface area contributed by atoms with Crippen LogP contribution in [0.2, 0.25) is 0 Å². The van der Waals surface area contributed by atoms with Crippen LogP contribution in [0.1, 0.15) is 22.3 Å². The lowest BCUT2D eigenvalue weighted by Crippen LogP contribution is -2.26. The van der Waals surface area contributed by atoms with Crippen molar-refractivity contribution in [2.75, 3.05) is 25.6 Å². The molecule has 0 atom stereocenters. The first kappa shape index (κ1) is 14.9. The van der Waals surface area contributed by atoms with Crippen LogP contribution in [0, 0.1) is 12.7 Å². The summed E-state index contributed by atoms with van der Waals surface area (Å²) in [6.45, 7) is 3.12. The van der Waals surface area contributed by atoms with Gasteiger partial charge in [-0.25, -0.2) is 4.39 Å². The van der Waals surface area contributed by atoms with Crippen molar-refractivity contribution in [1.82, 2.24) is 5.32 Å². The van der Waals surface area contributed by atoms with Gasteiger partial charge in [-0.1, -0.05) is 12.1 Å². The first-order valence-electron chi connectivity index (χ1n) is 5.84. The van der Waals surface area contributed by atoms with Crippen LogP contribution in [-0.4, -0.2) is 31.5 Å². The molecule has 1 aromatic carbocycles. The maximum absolute atomic E-state index is 13.6. The van der Waals surface area contributed by atoms with Gasteiger partial charge in [0.2, 0.25) is 0 Å². The predicted molar refractivity (Wildman–Crippen MR) is 69.6 cm³/mol. The third-order valence-corrected chi connectivity index (χ3v) is 2.56. The van der Waals surface area contributed by atoms with Crippen molar-refractivity contribution >= 4 is 17.5 Å². The second-order valence-electron chi connectivity index (χ2n) is 3.85. The van der Waals surface area contributed by atoms with E-state index < -0.39 is 11.7 Å². The Balaban J connectivity index is 2.35. The lowest BCUT2D eigenvalue weighted by atomic mass is 10.1. The predicted octanol–water partition coefficient (Wildman–Crippen LogP) is 2.51. The maximum Gasteiger partial charge on any atom is 0.254 e. The van der Waals surface area contributed by atoms with Crippen LogP contribution in [0.4, 0.5) is 4.39 Å². The summed E-state index contributed by atoms with van der Waals surface area (Å²) in [7, 11) is 0. The number of aryl methyl sites for hydroxylation is 1. The number of benzene rings is 1. The van der Waals surface area contributed by atoms with Gasteiger partial charge in [0.15, 0.2) is 0 Å². The lowest BCUT2D eigenvalue weighted by Gasteiger charge is -2.07. The topological polar surface area (TPSA) is 38.3 Å². The van der Waals surface area contributed by atoms with Gasteiger partial charge >= 0.3 is 0 Å². The van der Waals surface area contributed by atoms with E-state index in [2.05, 4.69) is 5.32 Å². The molecule has 1 aromatic rings. The number of carbonyl (C=O) groups excluding carboxylic acids is 1. The molecule has 0 aromatic heterocycles. The molecule has 0 aliphatic heterocycles. The fraction of sp³-hybridized carbons (Fsp3) is 0.462. The fourth-order valence-electron chi connectivity index (χ4n) is 1.45. The van der Waals surface area contributed by atoms with Gasteiger partial charge in [-0.3, -0.25) is 4.79 Å². The van der Waals surface area contributed by atoms with E-state index in [1.54, 1.807) is 19.1 Å². The van der Waals surface area contributed by atoms with Gasteiger partial charge in [0, 0.05) is 19.0 Å². The Bertz CT molecular complexity index is 399. The number of halogens is 2. The highest BCUT2D eigenvalue weighted by atomic mass is 35.5. The Labute approximate surface area is 111 Å². The summed E-state index contributed by atoms with van der Waals surface area (Å²) in [6.07, 6.45) is 0.677. The molecular formula is C13H17ClFNO2. The van der Waals surface area contributed by atoms with Crippen molar-refractivity contribution in [3.05, 3.63) is 35.1 Å². The Kier molecular flexibility index (Phi) is 6.68. The Morgan fingerprint density at radius 1 is 1.44 bits per heavy atom. The number of hydrogen-bond acceptors (Lipinski definition) is 2. The molecule has 0 aliphatic rings. The fourth-order valence-corrected chi connectivity index (χ4v) is 1.56. The van der Waals surface area contributed by atoms with Crippen LogP contribution in [0.5, 0.6) is 0 Å². The van der Waals surface area contributed by atoms with Gasteiger partial charge in [-0.05, 0) is 25.0 Å². The molecule has 1 rings (SSSR count). The Morgan fingerprint density at radius 2 is 2.22 bits per heavy atom. The number of rotatable bonds is 7. The molecule has 18 heavy (non-hydrogen) atoms. The van der Waals surface area contributed by atoms with Crippen LogP contribution < -0.4 is 5.32 Å². The van der Waals surface area contributed by atoms with Crippen molar-refractivity contribution in [2.24, 2.45) is 0 Å². The maximum atomic E-state index is 13.6. The summed E-state index contributed by atoms with van der Waals surface area (Å²) in [6, 6.07) is 4.77. The average Bonchev–Trinajstić information content (AvgIpc) is 2.36. The van der Waals surface area contributed by atoms with Gasteiger partial charge in [-0.2, -0.15) is 0 Å². The molecule has 100 valence electrons. The monoisotopic (exact) mass is 273 g/mol. The normalized spacial score (nSPS) is 10.4. The second-order valence-corrected chi connectivity index (χ2v) is 4.23. The summed E-state index contributed by atoms with van der Waals surface area (Å²) in [4.78, 5) is 11.7. The summed E-state index contributed by atoms with van der Waals surface area (Å²) in [5.41, 5.74) is 0.546. The lowest BCUT2D eigenvalue weighted by molar-refractivity contribution is 0.0940. The van der Waals surface area contributed by atoms with Crippen molar-refractivity contribution < 1.29 is 13.9 Å². The van der Waals surface area contributed by atoms with E-state index in [0.29, 0.717) is 37.6 Å². The molecule has 0 bridgehead atoms. The van der Waals surface area contributed by atoms with E-state index in [1.807, 2.05) is 0 Å². The van der Waals surface area contributed by atoms with E-state index >= 15 is 0 Å². The zero-order valence-corrected chi connectivity index (χ0v) is 11.1. The highest BCUT2D eigenvalue weighted by Gasteiger charge is 2.11. The van der Waals surface area contributed by atoms with Crippen molar-refractivity contribution in [1.29, 1.82) is 0 Å². The van der Waals surface area contributed by atoms with E-state index in [-0.39, 0.29) is 5.56 Å². The number of nitrogens with one attached hydrogen (secondary N) is 1. The molecule has 0 radical (unpaired) electrons. The molecule has 1 amide bonds. The number of alkyl halides is 1. The van der Waals surface area contributed by atoms with Gasteiger partial charge < -0.3 is 10.1 Å². The van der Waals surface area contributed by atoms with Crippen molar-refractivity contribution in [3.8, 4) is 0 Å². The third kappa shape index (κ3) is 4.63. The van der Waals surface area contributed by atoms with Crippen LogP contribution in [0.15, 0.2) is 18.2 Å². The first-order valence-corrected chi connectivity index (χ1v) is 6.37. The molecule has 0 unspecified atom stereocenters. The Hall–Kier alpha value is -1.13. The minimum absolute atomic E-state index is 0.0803. The van der Waals surface area contributed by atoms with Crippen LogP contribution in [0.25, 0.3) is 0 Å². The number of amides is 1. The quantitative estimate of drug-likeness (QED) is 0.612. The molecule has 0 saturated heterocycles. The molecule has 0 spiro atoms. The summed E-state index contributed by atoms with van der Waals surface area (Å²) in [5, 5.41) is 2.65.